The second-order valence-corrected chi connectivity index (χ2v) is 6.21. The van der Waals surface area contributed by atoms with Crippen LogP contribution in [0.15, 0.2) is 67.0 Å². The van der Waals surface area contributed by atoms with Crippen LogP contribution in [-0.2, 0) is 6.42 Å². The molecule has 0 spiro atoms. The number of nitriles is 1. The van der Waals surface area contributed by atoms with Crippen LogP contribution in [0.4, 0.5) is 10.1 Å². The van der Waals surface area contributed by atoms with Gasteiger partial charge in [-0.25, -0.2) is 4.39 Å². The summed E-state index contributed by atoms with van der Waals surface area (Å²) < 4.78 is 13.6. The first-order valence-corrected chi connectivity index (χ1v) is 8.85. The second-order valence-electron chi connectivity index (χ2n) is 6.21. The molecule has 29 heavy (non-hydrogen) atoms. The summed E-state index contributed by atoms with van der Waals surface area (Å²) in [7, 11) is 0. The average Bonchev–Trinajstić information content (AvgIpc) is 2.75. The monoisotopic (exact) mass is 388 g/mol. The molecule has 0 fully saturated rings. The van der Waals surface area contributed by atoms with E-state index < -0.39 is 11.8 Å². The van der Waals surface area contributed by atoms with Gasteiger partial charge in [-0.1, -0.05) is 24.3 Å². The minimum atomic E-state index is -0.450. The number of nitrogens with one attached hydrogen (secondary N) is 2. The summed E-state index contributed by atoms with van der Waals surface area (Å²) in [6.07, 6.45) is 3.05. The molecule has 0 unspecified atom stereocenters. The van der Waals surface area contributed by atoms with Crippen LogP contribution < -0.4 is 10.6 Å². The molecule has 2 amide bonds. The molecule has 6 nitrogen and oxygen atoms in total. The third kappa shape index (κ3) is 5.23. The molecule has 0 saturated carbocycles. The Bertz CT molecular complexity index is 1090. The lowest BCUT2D eigenvalue weighted by molar-refractivity contribution is 0.0953. The maximum atomic E-state index is 13.6. The van der Waals surface area contributed by atoms with Crippen molar-refractivity contribution in [1.29, 1.82) is 5.26 Å². The summed E-state index contributed by atoms with van der Waals surface area (Å²) in [6.45, 7) is 0.247. The van der Waals surface area contributed by atoms with Gasteiger partial charge in [-0.2, -0.15) is 5.26 Å². The Labute approximate surface area is 167 Å². The van der Waals surface area contributed by atoms with Crippen LogP contribution in [0.2, 0.25) is 0 Å². The third-order valence-corrected chi connectivity index (χ3v) is 4.15. The largest absolute Gasteiger partial charge is 0.352 e. The van der Waals surface area contributed by atoms with Crippen molar-refractivity contribution in [2.24, 2.45) is 0 Å². The van der Waals surface area contributed by atoms with Crippen LogP contribution in [-0.4, -0.2) is 23.3 Å². The highest BCUT2D eigenvalue weighted by molar-refractivity contribution is 6.05. The summed E-state index contributed by atoms with van der Waals surface area (Å²) in [6, 6.07) is 16.3. The first kappa shape index (κ1) is 19.7. The molecule has 0 atom stereocenters. The van der Waals surface area contributed by atoms with Crippen LogP contribution in [0, 0.1) is 17.1 Å². The summed E-state index contributed by atoms with van der Waals surface area (Å²) >= 11 is 0. The standard InChI is InChI=1S/C22H17FN4O2/c23-20-7-2-1-5-16(20)8-9-26-21(28)17-11-18(14-25-13-17)22(29)27-19-6-3-4-15(10-19)12-24/h1-7,10-11,13-14H,8-9H2,(H,26,28)(H,27,29). The van der Waals surface area contributed by atoms with E-state index in [1.807, 2.05) is 6.07 Å². The Morgan fingerprint density at radius 2 is 1.76 bits per heavy atom. The number of anilines is 1. The summed E-state index contributed by atoms with van der Waals surface area (Å²) in [5.41, 5.74) is 1.82. The molecule has 0 aliphatic heterocycles. The predicted octanol–water partition coefficient (Wildman–Crippen LogP) is 3.32. The number of pyridine rings is 1. The van der Waals surface area contributed by atoms with E-state index in [-0.39, 0.29) is 23.5 Å². The molecule has 2 N–H and O–H groups in total. The fraction of sp³-hybridized carbons (Fsp3) is 0.0909. The third-order valence-electron chi connectivity index (χ3n) is 4.15. The Morgan fingerprint density at radius 3 is 2.52 bits per heavy atom. The van der Waals surface area contributed by atoms with Crippen LogP contribution in [0.5, 0.6) is 0 Å². The van der Waals surface area contributed by atoms with E-state index in [0.717, 1.165) is 0 Å². The van der Waals surface area contributed by atoms with Gasteiger partial charge < -0.3 is 10.6 Å². The minimum Gasteiger partial charge on any atom is -0.352 e. The summed E-state index contributed by atoms with van der Waals surface area (Å²) in [5.74, 6) is -1.17. The number of amides is 2. The van der Waals surface area contributed by atoms with Crippen LogP contribution in [0.3, 0.4) is 0 Å². The highest BCUT2D eigenvalue weighted by atomic mass is 19.1. The Kier molecular flexibility index (Phi) is 6.28. The fourth-order valence-electron chi connectivity index (χ4n) is 2.67. The number of aromatic nitrogens is 1. The molecule has 3 aromatic rings. The van der Waals surface area contributed by atoms with E-state index >= 15 is 0 Å². The lowest BCUT2D eigenvalue weighted by Gasteiger charge is -2.08. The van der Waals surface area contributed by atoms with E-state index in [0.29, 0.717) is 23.2 Å². The molecular formula is C22H17FN4O2. The number of carbonyl (C=O) groups is 2. The molecule has 0 aliphatic rings. The van der Waals surface area contributed by atoms with Gasteiger partial charge in [-0.15, -0.1) is 0 Å². The zero-order valence-corrected chi connectivity index (χ0v) is 15.4. The van der Waals surface area contributed by atoms with Gasteiger partial charge in [-0.3, -0.25) is 14.6 Å². The quantitative estimate of drug-likeness (QED) is 0.677. The molecule has 3 rings (SSSR count). The molecule has 0 aliphatic carbocycles. The second kappa shape index (κ2) is 9.24. The lowest BCUT2D eigenvalue weighted by atomic mass is 10.1. The summed E-state index contributed by atoms with van der Waals surface area (Å²) in [4.78, 5) is 28.7. The fourth-order valence-corrected chi connectivity index (χ4v) is 2.67. The molecule has 0 saturated heterocycles. The number of nitrogens with zero attached hydrogens (tertiary/aromatic N) is 2. The molecule has 144 valence electrons. The molecule has 2 aromatic carbocycles. The number of benzene rings is 2. The van der Waals surface area contributed by atoms with Crippen molar-refractivity contribution < 1.29 is 14.0 Å². The smallest absolute Gasteiger partial charge is 0.257 e. The van der Waals surface area contributed by atoms with Crippen molar-refractivity contribution in [2.45, 2.75) is 6.42 Å². The van der Waals surface area contributed by atoms with Crippen molar-refractivity contribution in [1.82, 2.24) is 10.3 Å². The lowest BCUT2D eigenvalue weighted by Crippen LogP contribution is -2.26. The van der Waals surface area contributed by atoms with E-state index in [1.165, 1.54) is 24.5 Å². The number of rotatable bonds is 6. The van der Waals surface area contributed by atoms with E-state index in [2.05, 4.69) is 15.6 Å². The Hall–Kier alpha value is -4.05. The topological polar surface area (TPSA) is 94.9 Å². The van der Waals surface area contributed by atoms with Gasteiger partial charge in [0, 0.05) is 24.6 Å². The number of carbonyl (C=O) groups excluding carboxylic acids is 2. The highest BCUT2D eigenvalue weighted by Crippen LogP contribution is 2.12. The first-order chi connectivity index (χ1) is 14.1. The maximum absolute atomic E-state index is 13.6. The van der Waals surface area contributed by atoms with Gasteiger partial charge in [0.15, 0.2) is 0 Å². The van der Waals surface area contributed by atoms with Crippen molar-refractivity contribution >= 4 is 17.5 Å². The van der Waals surface area contributed by atoms with Gasteiger partial charge in [0.25, 0.3) is 11.8 Å². The molecule has 1 heterocycles. The van der Waals surface area contributed by atoms with E-state index in [9.17, 15) is 14.0 Å². The van der Waals surface area contributed by atoms with Crippen LogP contribution in [0.25, 0.3) is 0 Å². The van der Waals surface area contributed by atoms with Crippen molar-refractivity contribution in [2.75, 3.05) is 11.9 Å². The minimum absolute atomic E-state index is 0.203. The number of hydrogen-bond donors (Lipinski definition) is 2. The zero-order valence-electron chi connectivity index (χ0n) is 15.4. The van der Waals surface area contributed by atoms with Crippen LogP contribution >= 0.6 is 0 Å². The number of halogens is 1. The predicted molar refractivity (Wildman–Crippen MR) is 106 cm³/mol. The zero-order chi connectivity index (χ0) is 20.6. The Balaban J connectivity index is 1.62. The maximum Gasteiger partial charge on any atom is 0.257 e. The highest BCUT2D eigenvalue weighted by Gasteiger charge is 2.12. The molecule has 0 radical (unpaired) electrons. The Morgan fingerprint density at radius 1 is 1.00 bits per heavy atom. The van der Waals surface area contributed by atoms with Crippen molar-refractivity contribution in [3.63, 3.8) is 0 Å². The average molecular weight is 388 g/mol. The molecule has 1 aromatic heterocycles. The van der Waals surface area contributed by atoms with Crippen LogP contribution in [0.1, 0.15) is 31.8 Å². The van der Waals surface area contributed by atoms with Gasteiger partial charge >= 0.3 is 0 Å². The molecular weight excluding hydrogens is 371 g/mol. The first-order valence-electron chi connectivity index (χ1n) is 8.85. The summed E-state index contributed by atoms with van der Waals surface area (Å²) in [5, 5.41) is 14.3. The molecule has 7 heteroatoms. The SMILES string of the molecule is N#Cc1cccc(NC(=O)c2cncc(C(=O)NCCc3ccccc3F)c2)c1. The van der Waals surface area contributed by atoms with E-state index in [4.69, 9.17) is 5.26 Å². The van der Waals surface area contributed by atoms with Gasteiger partial charge in [0.2, 0.25) is 0 Å². The van der Waals surface area contributed by atoms with E-state index in [1.54, 1.807) is 42.5 Å². The van der Waals surface area contributed by atoms with Gasteiger partial charge in [0.1, 0.15) is 5.82 Å². The van der Waals surface area contributed by atoms with Gasteiger partial charge in [-0.05, 0) is 42.3 Å². The normalized spacial score (nSPS) is 10.1. The number of hydrogen-bond acceptors (Lipinski definition) is 4. The van der Waals surface area contributed by atoms with Crippen molar-refractivity contribution in [3.8, 4) is 6.07 Å². The van der Waals surface area contributed by atoms with Gasteiger partial charge in [0.05, 0.1) is 22.8 Å². The van der Waals surface area contributed by atoms with Crippen molar-refractivity contribution in [3.05, 3.63) is 95.1 Å². The molecule has 0 bridgehead atoms.